The van der Waals surface area contributed by atoms with E-state index in [-0.39, 0.29) is 18.4 Å². The summed E-state index contributed by atoms with van der Waals surface area (Å²) in [5.41, 5.74) is -0.549. The molecule has 0 aromatic carbocycles. The van der Waals surface area contributed by atoms with Crippen LogP contribution in [0.4, 0.5) is 0 Å². The van der Waals surface area contributed by atoms with Gasteiger partial charge in [-0.05, 0) is 11.8 Å². The fourth-order valence-corrected chi connectivity index (χ4v) is 2.59. The van der Waals surface area contributed by atoms with E-state index in [1.54, 1.807) is 21.0 Å². The molecule has 120 valence electrons. The minimum Gasteiger partial charge on any atom is -0.481 e. The van der Waals surface area contributed by atoms with Crippen LogP contribution in [0.2, 0.25) is 0 Å². The predicted molar refractivity (Wildman–Crippen MR) is 75.5 cm³/mol. The number of nitrogens with zero attached hydrogens (tertiary/aromatic N) is 1. The van der Waals surface area contributed by atoms with Gasteiger partial charge in [0.2, 0.25) is 11.8 Å². The summed E-state index contributed by atoms with van der Waals surface area (Å²) in [7, 11) is 3.11. The molecule has 0 aliphatic heterocycles. The Balaban J connectivity index is 2.42. The number of hydrogen-bond acceptors (Lipinski definition) is 4. The van der Waals surface area contributed by atoms with Crippen LogP contribution in [0.5, 0.6) is 0 Å². The number of carboxylic acids is 1. The lowest BCUT2D eigenvalue weighted by atomic mass is 10.1. The molecule has 0 spiro atoms. The van der Waals surface area contributed by atoms with Gasteiger partial charge < -0.3 is 20.1 Å². The van der Waals surface area contributed by atoms with E-state index in [0.717, 1.165) is 0 Å². The molecule has 0 radical (unpaired) electrons. The molecule has 1 fully saturated rings. The number of carboxylic acid groups (broad SMARTS) is 1. The van der Waals surface area contributed by atoms with Crippen molar-refractivity contribution < 1.29 is 24.2 Å². The fraction of sp³-hybridized carbons (Fsp3) is 0.786. The smallest absolute Gasteiger partial charge is 0.307 e. The van der Waals surface area contributed by atoms with E-state index in [9.17, 15) is 14.4 Å². The van der Waals surface area contributed by atoms with Crippen molar-refractivity contribution in [1.29, 1.82) is 0 Å². The van der Waals surface area contributed by atoms with Gasteiger partial charge in [0.25, 0.3) is 0 Å². The summed E-state index contributed by atoms with van der Waals surface area (Å²) in [6, 6.07) is 0. The normalized spacial score (nSPS) is 22.5. The van der Waals surface area contributed by atoms with Gasteiger partial charge in [-0.3, -0.25) is 14.4 Å². The van der Waals surface area contributed by atoms with Gasteiger partial charge in [-0.25, -0.2) is 0 Å². The topological polar surface area (TPSA) is 95.9 Å². The van der Waals surface area contributed by atoms with Crippen LogP contribution in [0, 0.1) is 17.3 Å². The van der Waals surface area contributed by atoms with Crippen molar-refractivity contribution >= 4 is 17.8 Å². The minimum absolute atomic E-state index is 0.0647. The highest BCUT2D eigenvalue weighted by atomic mass is 16.5. The van der Waals surface area contributed by atoms with Crippen LogP contribution in [-0.4, -0.2) is 61.6 Å². The summed E-state index contributed by atoms with van der Waals surface area (Å²) in [4.78, 5) is 36.3. The number of hydrogen-bond donors (Lipinski definition) is 2. The average molecular weight is 300 g/mol. The summed E-state index contributed by atoms with van der Waals surface area (Å²) in [6.07, 6.45) is 0.705. The van der Waals surface area contributed by atoms with Gasteiger partial charge in [-0.1, -0.05) is 13.8 Å². The molecule has 0 saturated heterocycles. The van der Waals surface area contributed by atoms with Gasteiger partial charge in [0.15, 0.2) is 0 Å². The van der Waals surface area contributed by atoms with Crippen LogP contribution >= 0.6 is 0 Å². The molecule has 1 aliphatic carbocycles. The molecular weight excluding hydrogens is 276 g/mol. The van der Waals surface area contributed by atoms with Crippen LogP contribution in [0.3, 0.4) is 0 Å². The molecule has 2 N–H and O–H groups in total. The summed E-state index contributed by atoms with van der Waals surface area (Å²) < 4.78 is 4.87. The molecule has 7 heteroatoms. The number of aliphatic carboxylic acids is 1. The van der Waals surface area contributed by atoms with Crippen molar-refractivity contribution in [2.24, 2.45) is 17.3 Å². The molecule has 1 aliphatic rings. The van der Waals surface area contributed by atoms with Crippen molar-refractivity contribution in [3.05, 3.63) is 0 Å². The molecule has 7 nitrogen and oxygen atoms in total. The summed E-state index contributed by atoms with van der Waals surface area (Å²) in [5.74, 6) is -2.74. The Morgan fingerprint density at radius 2 is 1.90 bits per heavy atom. The van der Waals surface area contributed by atoms with E-state index >= 15 is 0 Å². The molecule has 0 heterocycles. The Hall–Kier alpha value is -1.63. The van der Waals surface area contributed by atoms with Crippen LogP contribution in [0.25, 0.3) is 0 Å². The molecule has 0 unspecified atom stereocenters. The lowest BCUT2D eigenvalue weighted by Gasteiger charge is -2.17. The highest BCUT2D eigenvalue weighted by Gasteiger charge is 2.66. The number of carbonyl (C=O) groups is 3. The van der Waals surface area contributed by atoms with Crippen molar-refractivity contribution in [2.45, 2.75) is 20.3 Å². The van der Waals surface area contributed by atoms with Gasteiger partial charge in [0.05, 0.1) is 18.4 Å². The van der Waals surface area contributed by atoms with Crippen molar-refractivity contribution in [2.75, 3.05) is 33.9 Å². The molecule has 21 heavy (non-hydrogen) atoms. The molecule has 1 saturated carbocycles. The highest BCUT2D eigenvalue weighted by Crippen LogP contribution is 2.58. The monoisotopic (exact) mass is 300 g/mol. The first kappa shape index (κ1) is 17.4. The van der Waals surface area contributed by atoms with Crippen molar-refractivity contribution in [3.8, 4) is 0 Å². The number of methoxy groups -OCH3 is 1. The predicted octanol–water partition coefficient (Wildman–Crippen LogP) is -0.0457. The number of amides is 2. The Morgan fingerprint density at radius 3 is 2.38 bits per heavy atom. The standard InChI is InChI=1S/C14H24N2O5/c1-14(2)10(11(14)13(19)20)12(18)16(3)8-9(17)15-6-5-7-21-4/h10-11H,5-8H2,1-4H3,(H,15,17)(H,19,20)/t10-,11+/m1/s1. The summed E-state index contributed by atoms with van der Waals surface area (Å²) in [5, 5.41) is 11.8. The molecular formula is C14H24N2O5. The van der Waals surface area contributed by atoms with Gasteiger partial charge in [0, 0.05) is 27.3 Å². The first-order valence-electron chi connectivity index (χ1n) is 6.97. The Bertz CT molecular complexity index is 422. The second-order valence-corrected chi connectivity index (χ2v) is 6.01. The Morgan fingerprint density at radius 1 is 1.29 bits per heavy atom. The van der Waals surface area contributed by atoms with Gasteiger partial charge in [-0.2, -0.15) is 0 Å². The van der Waals surface area contributed by atoms with Crippen LogP contribution in [0.15, 0.2) is 0 Å². The molecule has 1 rings (SSSR count). The Kier molecular flexibility index (Phi) is 5.71. The van der Waals surface area contributed by atoms with Gasteiger partial charge in [0.1, 0.15) is 0 Å². The molecule has 0 aromatic heterocycles. The lowest BCUT2D eigenvalue weighted by molar-refractivity contribution is -0.142. The van der Waals surface area contributed by atoms with Gasteiger partial charge in [-0.15, -0.1) is 0 Å². The number of nitrogens with one attached hydrogen (secondary N) is 1. The van der Waals surface area contributed by atoms with E-state index in [2.05, 4.69) is 5.32 Å². The third-order valence-electron chi connectivity index (χ3n) is 3.96. The number of rotatable bonds is 8. The summed E-state index contributed by atoms with van der Waals surface area (Å²) in [6.45, 7) is 4.50. The van der Waals surface area contributed by atoms with Crippen molar-refractivity contribution in [1.82, 2.24) is 10.2 Å². The fourth-order valence-electron chi connectivity index (χ4n) is 2.59. The van der Waals surface area contributed by atoms with Crippen LogP contribution in [-0.2, 0) is 19.1 Å². The number of likely N-dealkylation sites (N-methyl/N-ethyl adjacent to an activating group) is 1. The largest absolute Gasteiger partial charge is 0.481 e. The van der Waals surface area contributed by atoms with E-state index < -0.39 is 23.2 Å². The maximum Gasteiger partial charge on any atom is 0.307 e. The van der Waals surface area contributed by atoms with Crippen molar-refractivity contribution in [3.63, 3.8) is 0 Å². The van der Waals surface area contributed by atoms with E-state index in [1.165, 1.54) is 11.9 Å². The third-order valence-corrected chi connectivity index (χ3v) is 3.96. The third kappa shape index (κ3) is 4.17. The second-order valence-electron chi connectivity index (χ2n) is 6.01. The minimum atomic E-state index is -0.962. The first-order chi connectivity index (χ1) is 9.73. The molecule has 2 atom stereocenters. The zero-order valence-corrected chi connectivity index (χ0v) is 13.0. The molecule has 0 aromatic rings. The number of carbonyl (C=O) groups excluding carboxylic acids is 2. The van der Waals surface area contributed by atoms with E-state index in [4.69, 9.17) is 9.84 Å². The zero-order valence-electron chi connectivity index (χ0n) is 13.0. The second kappa shape index (κ2) is 6.89. The molecule has 0 bridgehead atoms. The highest BCUT2D eigenvalue weighted by molar-refractivity contribution is 5.93. The SMILES string of the molecule is COCCCNC(=O)CN(C)C(=O)[C@H]1[C@@H](C(=O)O)C1(C)C. The van der Waals surface area contributed by atoms with E-state index in [0.29, 0.717) is 19.6 Å². The molecule has 2 amide bonds. The average Bonchev–Trinajstić information content (AvgIpc) is 2.96. The number of ether oxygens (including phenoxy) is 1. The maximum atomic E-state index is 12.2. The van der Waals surface area contributed by atoms with Crippen LogP contribution in [0.1, 0.15) is 20.3 Å². The lowest BCUT2D eigenvalue weighted by Crippen LogP contribution is -2.40. The Labute approximate surface area is 124 Å². The van der Waals surface area contributed by atoms with E-state index in [1.807, 2.05) is 0 Å². The first-order valence-corrected chi connectivity index (χ1v) is 6.97. The van der Waals surface area contributed by atoms with Gasteiger partial charge >= 0.3 is 5.97 Å². The van der Waals surface area contributed by atoms with Crippen LogP contribution < -0.4 is 5.32 Å². The maximum absolute atomic E-state index is 12.2. The quantitative estimate of drug-likeness (QED) is 0.613. The zero-order chi connectivity index (χ0) is 16.2. The summed E-state index contributed by atoms with van der Waals surface area (Å²) >= 11 is 0.